The van der Waals surface area contributed by atoms with Crippen LogP contribution < -0.4 is 14.8 Å². The molecule has 1 N–H and O–H groups in total. The van der Waals surface area contributed by atoms with Crippen molar-refractivity contribution in [3.8, 4) is 11.5 Å². The van der Waals surface area contributed by atoms with E-state index in [1.165, 1.54) is 12.8 Å². The van der Waals surface area contributed by atoms with Gasteiger partial charge in [-0.25, -0.2) is 0 Å². The molecule has 0 radical (unpaired) electrons. The predicted octanol–water partition coefficient (Wildman–Crippen LogP) is 3.88. The van der Waals surface area contributed by atoms with Crippen LogP contribution in [0, 0.1) is 5.92 Å². The molecule has 0 saturated carbocycles. The molecule has 0 saturated heterocycles. The van der Waals surface area contributed by atoms with Gasteiger partial charge in [0, 0.05) is 6.54 Å². The van der Waals surface area contributed by atoms with Crippen LogP contribution in [-0.4, -0.2) is 20.8 Å². The summed E-state index contributed by atoms with van der Waals surface area (Å²) in [6.45, 7) is 6.27. The summed E-state index contributed by atoms with van der Waals surface area (Å²) in [4.78, 5) is 0. The van der Waals surface area contributed by atoms with Gasteiger partial charge >= 0.3 is 0 Å². The molecule has 0 fully saturated rings. The standard InChI is InChI=1S/C15H24ClNO2/c1-5-11(6-2)9-17-10-12-7-13(16)15(19-4)14(8-12)18-3/h7-8,11,17H,5-6,9-10H2,1-4H3. The second-order valence-electron chi connectivity index (χ2n) is 4.63. The summed E-state index contributed by atoms with van der Waals surface area (Å²) in [6.07, 6.45) is 2.41. The van der Waals surface area contributed by atoms with Gasteiger partial charge in [-0.05, 0) is 30.2 Å². The van der Waals surface area contributed by atoms with Crippen molar-refractivity contribution < 1.29 is 9.47 Å². The van der Waals surface area contributed by atoms with Crippen LogP contribution in [0.5, 0.6) is 11.5 Å². The predicted molar refractivity (Wildman–Crippen MR) is 80.3 cm³/mol. The zero-order valence-corrected chi connectivity index (χ0v) is 13.0. The number of hydrogen-bond donors (Lipinski definition) is 1. The Kier molecular flexibility index (Phi) is 7.03. The highest BCUT2D eigenvalue weighted by Crippen LogP contribution is 2.35. The van der Waals surface area contributed by atoms with Gasteiger partial charge in [0.05, 0.1) is 19.2 Å². The highest BCUT2D eigenvalue weighted by Gasteiger charge is 2.11. The lowest BCUT2D eigenvalue weighted by atomic mass is 10.0. The third-order valence-corrected chi connectivity index (χ3v) is 3.69. The molecule has 3 nitrogen and oxygen atoms in total. The van der Waals surface area contributed by atoms with Gasteiger partial charge in [-0.1, -0.05) is 38.3 Å². The SMILES string of the molecule is CCC(CC)CNCc1cc(Cl)c(OC)c(OC)c1. The fraction of sp³-hybridized carbons (Fsp3) is 0.600. The third kappa shape index (κ3) is 4.59. The Bertz CT molecular complexity index is 392. The minimum atomic E-state index is 0.584. The Morgan fingerprint density at radius 1 is 1.16 bits per heavy atom. The van der Waals surface area contributed by atoms with E-state index in [1.807, 2.05) is 12.1 Å². The van der Waals surface area contributed by atoms with Crippen molar-refractivity contribution >= 4 is 11.6 Å². The first kappa shape index (κ1) is 16.1. The van der Waals surface area contributed by atoms with Crippen LogP contribution in [-0.2, 0) is 6.54 Å². The van der Waals surface area contributed by atoms with Gasteiger partial charge in [0.15, 0.2) is 11.5 Å². The molecular formula is C15H24ClNO2. The lowest BCUT2D eigenvalue weighted by molar-refractivity contribution is 0.354. The molecule has 0 aliphatic carbocycles. The van der Waals surface area contributed by atoms with Crippen LogP contribution in [0.1, 0.15) is 32.3 Å². The molecule has 0 amide bonds. The molecule has 0 aliphatic rings. The number of halogens is 1. The van der Waals surface area contributed by atoms with Gasteiger partial charge in [0.1, 0.15) is 0 Å². The topological polar surface area (TPSA) is 30.5 Å². The summed E-state index contributed by atoms with van der Waals surface area (Å²) in [5, 5.41) is 4.05. The monoisotopic (exact) mass is 285 g/mol. The quantitative estimate of drug-likeness (QED) is 0.786. The highest BCUT2D eigenvalue weighted by atomic mass is 35.5. The molecule has 0 unspecified atom stereocenters. The lowest BCUT2D eigenvalue weighted by Crippen LogP contribution is -2.21. The van der Waals surface area contributed by atoms with E-state index in [-0.39, 0.29) is 0 Å². The molecule has 1 aromatic rings. The summed E-state index contributed by atoms with van der Waals surface area (Å²) < 4.78 is 10.5. The van der Waals surface area contributed by atoms with Gasteiger partial charge in [-0.3, -0.25) is 0 Å². The molecule has 0 spiro atoms. The van der Waals surface area contributed by atoms with Crippen LogP contribution in [0.25, 0.3) is 0 Å². The highest BCUT2D eigenvalue weighted by molar-refractivity contribution is 6.32. The summed E-state index contributed by atoms with van der Waals surface area (Å²) in [6, 6.07) is 3.88. The van der Waals surface area contributed by atoms with Gasteiger partial charge in [0.2, 0.25) is 0 Å². The number of methoxy groups -OCH3 is 2. The average Bonchev–Trinajstić information content (AvgIpc) is 2.43. The molecule has 1 aromatic carbocycles. The summed E-state index contributed by atoms with van der Waals surface area (Å²) >= 11 is 6.18. The molecule has 0 aliphatic heterocycles. The third-order valence-electron chi connectivity index (χ3n) is 3.41. The summed E-state index contributed by atoms with van der Waals surface area (Å²) in [7, 11) is 3.21. The minimum Gasteiger partial charge on any atom is -0.493 e. The van der Waals surface area contributed by atoms with Crippen LogP contribution in [0.3, 0.4) is 0 Å². The molecule has 0 aromatic heterocycles. The van der Waals surface area contributed by atoms with Crippen LogP contribution in [0.15, 0.2) is 12.1 Å². The van der Waals surface area contributed by atoms with Gasteiger partial charge in [-0.15, -0.1) is 0 Å². The van der Waals surface area contributed by atoms with Crippen molar-refractivity contribution in [3.63, 3.8) is 0 Å². The van der Waals surface area contributed by atoms with Crippen LogP contribution in [0.2, 0.25) is 5.02 Å². The molecule has 19 heavy (non-hydrogen) atoms. The maximum absolute atomic E-state index is 6.18. The normalized spacial score (nSPS) is 10.8. The summed E-state index contributed by atoms with van der Waals surface area (Å²) in [5.74, 6) is 2.00. The fourth-order valence-electron chi connectivity index (χ4n) is 2.07. The van der Waals surface area contributed by atoms with Crippen molar-refractivity contribution in [1.82, 2.24) is 5.32 Å². The number of benzene rings is 1. The van der Waals surface area contributed by atoms with E-state index in [9.17, 15) is 0 Å². The van der Waals surface area contributed by atoms with Crippen LogP contribution >= 0.6 is 11.6 Å². The Balaban J connectivity index is 2.66. The van der Waals surface area contributed by atoms with Crippen molar-refractivity contribution in [2.24, 2.45) is 5.92 Å². The maximum atomic E-state index is 6.18. The maximum Gasteiger partial charge on any atom is 0.179 e. The van der Waals surface area contributed by atoms with E-state index >= 15 is 0 Å². The number of nitrogens with one attached hydrogen (secondary N) is 1. The number of hydrogen-bond acceptors (Lipinski definition) is 3. The molecular weight excluding hydrogens is 262 g/mol. The molecule has 108 valence electrons. The van der Waals surface area contributed by atoms with Crippen molar-refractivity contribution in [3.05, 3.63) is 22.7 Å². The van der Waals surface area contributed by atoms with E-state index in [4.69, 9.17) is 21.1 Å². The fourth-order valence-corrected chi connectivity index (χ4v) is 2.38. The van der Waals surface area contributed by atoms with Gasteiger partial charge < -0.3 is 14.8 Å². The van der Waals surface area contributed by atoms with Crippen molar-refractivity contribution in [1.29, 1.82) is 0 Å². The second-order valence-corrected chi connectivity index (χ2v) is 5.03. The van der Waals surface area contributed by atoms with E-state index < -0.39 is 0 Å². The van der Waals surface area contributed by atoms with Crippen molar-refractivity contribution in [2.45, 2.75) is 33.2 Å². The second kappa shape index (κ2) is 8.28. The molecule has 0 atom stereocenters. The smallest absolute Gasteiger partial charge is 0.179 e. The average molecular weight is 286 g/mol. The molecule has 0 bridgehead atoms. The Morgan fingerprint density at radius 3 is 2.37 bits per heavy atom. The Hall–Kier alpha value is -0.930. The zero-order valence-electron chi connectivity index (χ0n) is 12.3. The van der Waals surface area contributed by atoms with Crippen molar-refractivity contribution in [2.75, 3.05) is 20.8 Å². The van der Waals surface area contributed by atoms with Gasteiger partial charge in [0.25, 0.3) is 0 Å². The first-order valence-corrected chi connectivity index (χ1v) is 7.15. The Labute approximate surface area is 121 Å². The minimum absolute atomic E-state index is 0.584. The number of ether oxygens (including phenoxy) is 2. The zero-order chi connectivity index (χ0) is 14.3. The lowest BCUT2D eigenvalue weighted by Gasteiger charge is -2.15. The first-order valence-electron chi connectivity index (χ1n) is 6.77. The van der Waals surface area contributed by atoms with E-state index in [2.05, 4.69) is 19.2 Å². The number of rotatable bonds is 8. The van der Waals surface area contributed by atoms with Gasteiger partial charge in [-0.2, -0.15) is 0 Å². The van der Waals surface area contributed by atoms with E-state index in [0.29, 0.717) is 16.5 Å². The molecule has 0 heterocycles. The van der Waals surface area contributed by atoms with Crippen LogP contribution in [0.4, 0.5) is 0 Å². The Morgan fingerprint density at radius 2 is 1.84 bits per heavy atom. The first-order chi connectivity index (χ1) is 9.15. The molecule has 4 heteroatoms. The van der Waals surface area contributed by atoms with E-state index in [0.717, 1.165) is 24.6 Å². The summed E-state index contributed by atoms with van der Waals surface area (Å²) in [5.41, 5.74) is 1.11. The van der Waals surface area contributed by atoms with E-state index in [1.54, 1.807) is 14.2 Å². The largest absolute Gasteiger partial charge is 0.493 e. The molecule has 1 rings (SSSR count).